The fourth-order valence-corrected chi connectivity index (χ4v) is 7.36. The molecule has 2 aromatic carbocycles. The number of primary amides is 1. The number of quaternary nitrogens is 1. The van der Waals surface area contributed by atoms with Crippen LogP contribution in [0.5, 0.6) is 5.75 Å². The molecule has 8 nitrogen and oxygen atoms in total. The number of carbonyl (C=O) groups excluding carboxylic acids is 1. The first-order valence-corrected chi connectivity index (χ1v) is 14.7. The zero-order valence-corrected chi connectivity index (χ0v) is 23.0. The smallest absolute Gasteiger partial charge is 0.357 e. The third kappa shape index (κ3) is 5.50. The van der Waals surface area contributed by atoms with E-state index in [1.807, 2.05) is 18.2 Å². The number of carbonyl (C=O) groups is 1. The molecule has 38 heavy (non-hydrogen) atoms. The topological polar surface area (TPSA) is 111 Å². The molecular formula is C29H38N3O5S+. The Kier molecular flexibility index (Phi) is 8.91. The van der Waals surface area contributed by atoms with Crippen LogP contribution in [0.4, 0.5) is 0 Å². The number of para-hydroxylation sites is 1. The van der Waals surface area contributed by atoms with Gasteiger partial charge in [0.1, 0.15) is 23.8 Å². The molecule has 0 saturated carbocycles. The second-order valence-corrected chi connectivity index (χ2v) is 11.8. The Labute approximate surface area is 225 Å². The van der Waals surface area contributed by atoms with Gasteiger partial charge in [0.2, 0.25) is 5.91 Å². The number of H-pyrrole nitrogens is 1. The highest BCUT2D eigenvalue weighted by molar-refractivity contribution is 7.85. The molecule has 4 rings (SSSR count). The van der Waals surface area contributed by atoms with Gasteiger partial charge >= 0.3 is 10.0 Å². The molecule has 3 N–H and O–H groups in total. The number of aromatic nitrogens is 1. The first-order valence-electron chi connectivity index (χ1n) is 13.3. The number of nitrogens with zero attached hydrogens (tertiary/aromatic N) is 1. The first kappa shape index (κ1) is 27.9. The normalized spacial score (nSPS) is 19.6. The zero-order valence-electron chi connectivity index (χ0n) is 22.2. The van der Waals surface area contributed by atoms with Crippen molar-refractivity contribution in [2.75, 3.05) is 20.3 Å². The second-order valence-electron chi connectivity index (χ2n) is 9.73. The number of fused-ring (bicyclic) bond motifs is 3. The van der Waals surface area contributed by atoms with Crippen LogP contribution in [0.3, 0.4) is 0 Å². The van der Waals surface area contributed by atoms with E-state index < -0.39 is 26.0 Å². The quantitative estimate of drug-likeness (QED) is 0.173. The van der Waals surface area contributed by atoms with Crippen molar-refractivity contribution < 1.29 is 26.8 Å². The van der Waals surface area contributed by atoms with E-state index >= 15 is 0 Å². The second kappa shape index (κ2) is 12.1. The van der Waals surface area contributed by atoms with Gasteiger partial charge in [-0.3, -0.25) is 4.79 Å². The van der Waals surface area contributed by atoms with E-state index in [1.54, 1.807) is 31.4 Å². The van der Waals surface area contributed by atoms with Crippen LogP contribution in [-0.4, -0.2) is 43.6 Å². The molecule has 0 aliphatic carbocycles. The summed E-state index contributed by atoms with van der Waals surface area (Å²) in [4.78, 5) is 21.4. The van der Waals surface area contributed by atoms with E-state index in [-0.39, 0.29) is 18.0 Å². The Bertz CT molecular complexity index is 1380. The molecule has 204 valence electrons. The maximum atomic E-state index is 14.5. The number of hydrogen-bond acceptors (Lipinski definition) is 5. The first-order chi connectivity index (χ1) is 18.3. The fraction of sp³-hybridized carbons (Fsp3) is 0.414. The molecule has 2 unspecified atom stereocenters. The number of ether oxygens (including phenoxy) is 1. The number of amides is 1. The van der Waals surface area contributed by atoms with Gasteiger partial charge in [-0.15, -0.1) is 0 Å². The number of unbranched alkanes of at least 4 members (excludes halogenated alkanes) is 4. The van der Waals surface area contributed by atoms with Gasteiger partial charge in [-0.05, 0) is 48.4 Å². The van der Waals surface area contributed by atoms with Gasteiger partial charge in [-0.2, -0.15) is 13.3 Å². The number of aromatic amines is 1. The highest BCUT2D eigenvalue weighted by Crippen LogP contribution is 2.46. The Balaban J connectivity index is 1.82. The Morgan fingerprint density at radius 2 is 1.84 bits per heavy atom. The van der Waals surface area contributed by atoms with Gasteiger partial charge in [0, 0.05) is 29.8 Å². The lowest BCUT2D eigenvalue weighted by Gasteiger charge is -2.42. The van der Waals surface area contributed by atoms with E-state index in [9.17, 15) is 13.2 Å². The van der Waals surface area contributed by atoms with Crippen molar-refractivity contribution in [3.05, 3.63) is 71.9 Å². The number of hydrogen-bond donors (Lipinski definition) is 2. The SMILES string of the molecule is CCCCCCCC1c2[nH]c3ccccc3c2CC[N+]1(OCC=CC(N)=O)S(=O)(=O)c1ccc(OC)cc1. The van der Waals surface area contributed by atoms with E-state index in [4.69, 9.17) is 15.3 Å². The number of benzene rings is 2. The van der Waals surface area contributed by atoms with Gasteiger partial charge in [0.15, 0.2) is 6.04 Å². The van der Waals surface area contributed by atoms with Crippen LogP contribution in [0.15, 0.2) is 65.6 Å². The zero-order chi connectivity index (χ0) is 27.2. The number of sulfonamides is 1. The number of hydroxylamine groups is 2. The van der Waals surface area contributed by atoms with E-state index in [0.29, 0.717) is 18.6 Å². The molecule has 1 aromatic heterocycles. The van der Waals surface area contributed by atoms with Crippen molar-refractivity contribution in [2.24, 2.45) is 5.73 Å². The Morgan fingerprint density at radius 1 is 1.11 bits per heavy atom. The van der Waals surface area contributed by atoms with Gasteiger partial charge in [-0.1, -0.05) is 54.9 Å². The van der Waals surface area contributed by atoms with Crippen molar-refractivity contribution in [3.63, 3.8) is 0 Å². The summed E-state index contributed by atoms with van der Waals surface area (Å²) in [6.45, 7) is 2.35. The molecule has 3 aromatic rings. The fourth-order valence-electron chi connectivity index (χ4n) is 5.45. The minimum Gasteiger partial charge on any atom is -0.497 e. The third-order valence-electron chi connectivity index (χ3n) is 7.34. The predicted octanol–water partition coefficient (Wildman–Crippen LogP) is 5.31. The lowest BCUT2D eigenvalue weighted by molar-refractivity contribution is -1.03. The molecule has 0 spiro atoms. The summed E-state index contributed by atoms with van der Waals surface area (Å²) in [6.07, 6.45) is 9.13. The Hall–Kier alpha value is -3.14. The molecule has 2 atom stereocenters. The van der Waals surface area contributed by atoms with Gasteiger partial charge < -0.3 is 15.5 Å². The summed E-state index contributed by atoms with van der Waals surface area (Å²) in [5.74, 6) is -0.0352. The standard InChI is InChI=1S/C29H37N3O5S/c1-3-4-5-6-7-13-27-29-25(24-11-8-9-12-26(24)31-29)19-20-32(27,37-21-10-14-28(30)33)38(34,35)23-17-15-22(36-2)16-18-23/h8-12,14-18,27,31H,3-7,13,19-21H2,1-2H3,(H-,30,33)/p+1. The lowest BCUT2D eigenvalue weighted by atomic mass is 9.95. The number of methoxy groups -OCH3 is 1. The van der Waals surface area contributed by atoms with Crippen molar-refractivity contribution in [1.82, 2.24) is 4.98 Å². The molecule has 0 bridgehead atoms. The van der Waals surface area contributed by atoms with Crippen LogP contribution in [0.1, 0.15) is 62.7 Å². The van der Waals surface area contributed by atoms with E-state index in [1.165, 1.54) is 12.2 Å². The highest BCUT2D eigenvalue weighted by Gasteiger charge is 2.56. The van der Waals surface area contributed by atoms with Crippen molar-refractivity contribution in [3.8, 4) is 5.75 Å². The van der Waals surface area contributed by atoms with Crippen LogP contribution in [-0.2, 0) is 26.1 Å². The van der Waals surface area contributed by atoms with Gasteiger partial charge in [0.25, 0.3) is 0 Å². The summed E-state index contributed by atoms with van der Waals surface area (Å²) >= 11 is 0. The van der Waals surface area contributed by atoms with Crippen molar-refractivity contribution in [2.45, 2.75) is 62.8 Å². The summed E-state index contributed by atoms with van der Waals surface area (Å²) in [5.41, 5.74) is 8.31. The van der Waals surface area contributed by atoms with Gasteiger partial charge in [-0.25, -0.2) is 0 Å². The average Bonchev–Trinajstić information content (AvgIpc) is 3.30. The van der Waals surface area contributed by atoms with Crippen LogP contribution < -0.4 is 10.5 Å². The molecule has 0 fully saturated rings. The summed E-state index contributed by atoms with van der Waals surface area (Å²) in [5, 5.41) is 1.12. The van der Waals surface area contributed by atoms with Crippen LogP contribution in [0.25, 0.3) is 10.9 Å². The van der Waals surface area contributed by atoms with E-state index in [0.717, 1.165) is 54.3 Å². The summed E-state index contributed by atoms with van der Waals surface area (Å²) in [6, 6.07) is 14.0. The predicted molar refractivity (Wildman–Crippen MR) is 148 cm³/mol. The van der Waals surface area contributed by atoms with Crippen molar-refractivity contribution >= 4 is 26.8 Å². The molecule has 1 aliphatic rings. The molecule has 0 saturated heterocycles. The maximum Gasteiger partial charge on any atom is 0.357 e. The van der Waals surface area contributed by atoms with Crippen molar-refractivity contribution in [1.29, 1.82) is 0 Å². The monoisotopic (exact) mass is 540 g/mol. The molecule has 9 heteroatoms. The minimum atomic E-state index is -4.04. The number of nitrogens with one attached hydrogen (secondary N) is 1. The minimum absolute atomic E-state index is 0.0692. The van der Waals surface area contributed by atoms with Crippen LogP contribution in [0.2, 0.25) is 0 Å². The maximum absolute atomic E-state index is 14.5. The molecule has 2 heterocycles. The molecule has 1 amide bonds. The van der Waals surface area contributed by atoms with E-state index in [2.05, 4.69) is 18.0 Å². The number of nitrogens with two attached hydrogens (primary N) is 1. The third-order valence-corrected chi connectivity index (χ3v) is 9.57. The van der Waals surface area contributed by atoms with Crippen LogP contribution in [0, 0.1) is 0 Å². The van der Waals surface area contributed by atoms with Gasteiger partial charge in [0.05, 0.1) is 12.8 Å². The van der Waals surface area contributed by atoms with Crippen LogP contribution >= 0.6 is 0 Å². The molecule has 0 radical (unpaired) electrons. The lowest BCUT2D eigenvalue weighted by Crippen LogP contribution is -2.57. The average molecular weight is 541 g/mol. The number of rotatable bonds is 13. The largest absolute Gasteiger partial charge is 0.497 e. The molecule has 1 aliphatic heterocycles. The Morgan fingerprint density at radius 3 is 2.55 bits per heavy atom. The highest BCUT2D eigenvalue weighted by atomic mass is 32.2. The molecular weight excluding hydrogens is 502 g/mol. The summed E-state index contributed by atoms with van der Waals surface area (Å²) < 4.78 is 33.6. The summed E-state index contributed by atoms with van der Waals surface area (Å²) in [7, 11) is -2.49.